The molecule has 0 atom stereocenters. The summed E-state index contributed by atoms with van der Waals surface area (Å²) >= 11 is 0. The molecule has 0 aromatic heterocycles. The minimum atomic E-state index is -1.20. The second-order valence-corrected chi connectivity index (χ2v) is 6.39. The van der Waals surface area contributed by atoms with E-state index in [1.54, 1.807) is 0 Å². The number of nitrogens with one attached hydrogen (secondary N) is 2. The van der Waals surface area contributed by atoms with Gasteiger partial charge in [-0.25, -0.2) is 4.39 Å². The van der Waals surface area contributed by atoms with Crippen molar-refractivity contribution in [3.63, 3.8) is 0 Å². The van der Waals surface area contributed by atoms with E-state index in [0.29, 0.717) is 11.1 Å². The molecule has 2 aromatic rings. The average Bonchev–Trinajstić information content (AvgIpc) is 3.05. The molecule has 0 saturated heterocycles. The van der Waals surface area contributed by atoms with Gasteiger partial charge in [0.15, 0.2) is 12.4 Å². The lowest BCUT2D eigenvalue weighted by Gasteiger charge is -2.08. The molecule has 0 radical (unpaired) electrons. The average molecular weight is 428 g/mol. The first-order valence-corrected chi connectivity index (χ1v) is 9.03. The van der Waals surface area contributed by atoms with Crippen LogP contribution < -0.4 is 20.1 Å². The SMILES string of the molecule is O=C(O)CNC(=O)CNC(=O)COc1ccc2c(c1)OC(=Cc1ccc(F)cc1)C2=O. The third-order valence-corrected chi connectivity index (χ3v) is 4.06. The van der Waals surface area contributed by atoms with Crippen molar-refractivity contribution in [2.75, 3.05) is 19.7 Å². The summed E-state index contributed by atoms with van der Waals surface area (Å²) in [5.74, 6) is -2.59. The van der Waals surface area contributed by atoms with Gasteiger partial charge in [0.05, 0.1) is 12.1 Å². The number of carbonyl (C=O) groups is 4. The summed E-state index contributed by atoms with van der Waals surface area (Å²) in [6, 6.07) is 10.0. The van der Waals surface area contributed by atoms with Gasteiger partial charge < -0.3 is 25.2 Å². The summed E-state index contributed by atoms with van der Waals surface area (Å²) in [5, 5.41) is 12.8. The van der Waals surface area contributed by atoms with Crippen molar-refractivity contribution in [2.24, 2.45) is 0 Å². The lowest BCUT2D eigenvalue weighted by molar-refractivity contribution is -0.137. The van der Waals surface area contributed by atoms with Crippen LogP contribution in [0.25, 0.3) is 6.08 Å². The molecule has 160 valence electrons. The number of Topliss-reactive ketones (excluding diaryl/α,β-unsaturated/α-hetero) is 1. The predicted molar refractivity (Wildman–Crippen MR) is 105 cm³/mol. The molecule has 1 aliphatic rings. The highest BCUT2D eigenvalue weighted by atomic mass is 19.1. The fourth-order valence-electron chi connectivity index (χ4n) is 2.58. The van der Waals surface area contributed by atoms with Crippen molar-refractivity contribution in [3.8, 4) is 11.5 Å². The van der Waals surface area contributed by atoms with Gasteiger partial charge in [-0.2, -0.15) is 0 Å². The van der Waals surface area contributed by atoms with E-state index in [9.17, 15) is 23.6 Å². The van der Waals surface area contributed by atoms with Crippen LogP contribution >= 0.6 is 0 Å². The predicted octanol–water partition coefficient (Wildman–Crippen LogP) is 1.14. The van der Waals surface area contributed by atoms with Crippen LogP contribution in [0.5, 0.6) is 11.5 Å². The molecule has 31 heavy (non-hydrogen) atoms. The molecule has 3 N–H and O–H groups in total. The van der Waals surface area contributed by atoms with Gasteiger partial charge in [-0.1, -0.05) is 12.1 Å². The number of benzene rings is 2. The molecule has 0 aliphatic carbocycles. The number of halogens is 1. The Morgan fingerprint density at radius 2 is 1.74 bits per heavy atom. The molecule has 2 amide bonds. The van der Waals surface area contributed by atoms with Crippen LogP contribution in [0.15, 0.2) is 48.2 Å². The van der Waals surface area contributed by atoms with Gasteiger partial charge in [0.1, 0.15) is 23.9 Å². The van der Waals surface area contributed by atoms with E-state index >= 15 is 0 Å². The van der Waals surface area contributed by atoms with Crippen molar-refractivity contribution >= 4 is 29.6 Å². The van der Waals surface area contributed by atoms with E-state index in [2.05, 4.69) is 10.6 Å². The maximum atomic E-state index is 13.0. The van der Waals surface area contributed by atoms with E-state index in [4.69, 9.17) is 14.6 Å². The number of allylic oxidation sites excluding steroid dienone is 1. The molecule has 9 nitrogen and oxygen atoms in total. The van der Waals surface area contributed by atoms with Gasteiger partial charge in [-0.15, -0.1) is 0 Å². The number of amides is 2. The first-order valence-electron chi connectivity index (χ1n) is 9.03. The highest BCUT2D eigenvalue weighted by Crippen LogP contribution is 2.34. The van der Waals surface area contributed by atoms with E-state index in [0.717, 1.165) is 0 Å². The Morgan fingerprint density at radius 3 is 2.45 bits per heavy atom. The number of ether oxygens (including phenoxy) is 2. The monoisotopic (exact) mass is 428 g/mol. The standard InChI is InChI=1S/C21H17FN2O7/c22-13-3-1-12(2-4-13)7-17-21(29)15-6-5-14(8-16(15)31-17)30-11-19(26)23-9-18(25)24-10-20(27)28/h1-8H,9-11H2,(H,23,26)(H,24,25)(H,27,28). The summed E-state index contributed by atoms with van der Waals surface area (Å²) in [7, 11) is 0. The molecule has 0 fully saturated rings. The van der Waals surface area contributed by atoms with Gasteiger partial charge in [-0.05, 0) is 35.9 Å². The molecule has 10 heteroatoms. The minimum absolute atomic E-state index is 0.0730. The highest BCUT2D eigenvalue weighted by molar-refractivity contribution is 6.14. The zero-order chi connectivity index (χ0) is 22.4. The van der Waals surface area contributed by atoms with E-state index in [1.165, 1.54) is 48.5 Å². The largest absolute Gasteiger partial charge is 0.484 e. The van der Waals surface area contributed by atoms with Crippen LogP contribution in [0.3, 0.4) is 0 Å². The fourth-order valence-corrected chi connectivity index (χ4v) is 2.58. The molecule has 1 heterocycles. The molecule has 0 spiro atoms. The van der Waals surface area contributed by atoms with E-state index in [1.807, 2.05) is 0 Å². The maximum Gasteiger partial charge on any atom is 0.322 e. The molecule has 3 rings (SSSR count). The normalized spacial score (nSPS) is 13.3. The molecule has 2 aromatic carbocycles. The Hall–Kier alpha value is -4.21. The molecule has 0 saturated carbocycles. The molecular weight excluding hydrogens is 411 g/mol. The number of carbonyl (C=O) groups excluding carboxylic acids is 3. The van der Waals surface area contributed by atoms with Gasteiger partial charge in [0.2, 0.25) is 11.7 Å². The van der Waals surface area contributed by atoms with E-state index in [-0.39, 0.29) is 23.0 Å². The number of fused-ring (bicyclic) bond motifs is 1. The number of ketones is 1. The first kappa shape index (κ1) is 21.5. The number of hydrogen-bond donors (Lipinski definition) is 3. The Morgan fingerprint density at radius 1 is 1.03 bits per heavy atom. The van der Waals surface area contributed by atoms with Gasteiger partial charge >= 0.3 is 5.97 Å². The van der Waals surface area contributed by atoms with Crippen LogP contribution in [0.2, 0.25) is 0 Å². The number of rotatable bonds is 8. The summed E-state index contributed by atoms with van der Waals surface area (Å²) in [5.41, 5.74) is 0.915. The second-order valence-electron chi connectivity index (χ2n) is 6.39. The van der Waals surface area contributed by atoms with Crippen molar-refractivity contribution in [1.29, 1.82) is 0 Å². The van der Waals surface area contributed by atoms with Crippen LogP contribution in [-0.4, -0.2) is 48.4 Å². The van der Waals surface area contributed by atoms with Gasteiger partial charge in [-0.3, -0.25) is 19.2 Å². The van der Waals surface area contributed by atoms with Crippen LogP contribution in [0.4, 0.5) is 4.39 Å². The summed E-state index contributed by atoms with van der Waals surface area (Å²) in [6.07, 6.45) is 1.49. The maximum absolute atomic E-state index is 13.0. The van der Waals surface area contributed by atoms with Crippen molar-refractivity contribution in [2.45, 2.75) is 0 Å². The van der Waals surface area contributed by atoms with Crippen LogP contribution in [0, 0.1) is 5.82 Å². The summed E-state index contributed by atoms with van der Waals surface area (Å²) in [6.45, 7) is -1.34. The second kappa shape index (κ2) is 9.53. The fraction of sp³-hybridized carbons (Fsp3) is 0.143. The van der Waals surface area contributed by atoms with Crippen molar-refractivity contribution in [1.82, 2.24) is 10.6 Å². The minimum Gasteiger partial charge on any atom is -0.484 e. The number of hydrogen-bond acceptors (Lipinski definition) is 6. The lowest BCUT2D eigenvalue weighted by Crippen LogP contribution is -2.40. The Bertz CT molecular complexity index is 1060. The Kier molecular flexibility index (Phi) is 6.61. The van der Waals surface area contributed by atoms with Crippen LogP contribution in [-0.2, 0) is 14.4 Å². The zero-order valence-corrected chi connectivity index (χ0v) is 16.0. The van der Waals surface area contributed by atoms with Crippen molar-refractivity contribution < 1.29 is 38.1 Å². The Balaban J connectivity index is 1.54. The molecular formula is C21H17FN2O7. The van der Waals surface area contributed by atoms with Crippen LogP contribution in [0.1, 0.15) is 15.9 Å². The Labute approximate surface area is 175 Å². The molecule has 1 aliphatic heterocycles. The number of carboxylic acid groups (broad SMARTS) is 1. The first-order chi connectivity index (χ1) is 14.8. The lowest BCUT2D eigenvalue weighted by atomic mass is 10.1. The zero-order valence-electron chi connectivity index (χ0n) is 16.0. The third kappa shape index (κ3) is 5.89. The molecule has 0 bridgehead atoms. The summed E-state index contributed by atoms with van der Waals surface area (Å²) in [4.78, 5) is 45.9. The third-order valence-electron chi connectivity index (χ3n) is 4.06. The smallest absolute Gasteiger partial charge is 0.322 e. The van der Waals surface area contributed by atoms with Gasteiger partial charge in [0.25, 0.3) is 5.91 Å². The molecule has 0 unspecified atom stereocenters. The van der Waals surface area contributed by atoms with Gasteiger partial charge in [0, 0.05) is 6.07 Å². The van der Waals surface area contributed by atoms with E-state index < -0.39 is 43.3 Å². The number of aliphatic carboxylic acids is 1. The number of carboxylic acids is 1. The highest BCUT2D eigenvalue weighted by Gasteiger charge is 2.27. The summed E-state index contributed by atoms with van der Waals surface area (Å²) < 4.78 is 23.9. The van der Waals surface area contributed by atoms with Crippen molar-refractivity contribution in [3.05, 3.63) is 65.2 Å². The quantitative estimate of drug-likeness (QED) is 0.538. The topological polar surface area (TPSA) is 131 Å².